The van der Waals surface area contributed by atoms with Gasteiger partial charge in [0, 0.05) is 47.3 Å². The van der Waals surface area contributed by atoms with Crippen molar-refractivity contribution in [2.24, 2.45) is 5.92 Å². The summed E-state index contributed by atoms with van der Waals surface area (Å²) in [5.41, 5.74) is -6.16. The van der Waals surface area contributed by atoms with Crippen LogP contribution in [0.1, 0.15) is 76.5 Å². The number of nitrogens with zero attached hydrogens (tertiary/aromatic N) is 7. The number of hydrogen-bond acceptors (Lipinski definition) is 10. The van der Waals surface area contributed by atoms with Gasteiger partial charge in [0.1, 0.15) is 40.9 Å². The number of carbonyl (C=O) groups is 2. The van der Waals surface area contributed by atoms with Crippen LogP contribution in [0, 0.1) is 29.4 Å². The third-order valence-corrected chi connectivity index (χ3v) is 15.2. The zero-order valence-electron chi connectivity index (χ0n) is 37.5. The average molecular weight is 1070 g/mol. The largest absolute Gasteiger partial charge is 0.435 e. The number of benzene rings is 2. The van der Waals surface area contributed by atoms with Gasteiger partial charge in [0.15, 0.2) is 21.3 Å². The van der Waals surface area contributed by atoms with E-state index in [-0.39, 0.29) is 48.0 Å². The number of nitrogens with one attached hydrogen (secondary N) is 1. The number of carbonyl (C=O) groups excluding carboxylic acids is 2. The number of hydrogen-bond donors (Lipinski definition) is 1. The highest BCUT2D eigenvalue weighted by molar-refractivity contribution is 7.93. The second-order valence-corrected chi connectivity index (χ2v) is 22.4. The molecule has 72 heavy (non-hydrogen) atoms. The number of anilines is 1. The Labute approximate surface area is 407 Å². The number of amides is 2. The van der Waals surface area contributed by atoms with Crippen LogP contribution >= 0.6 is 11.6 Å². The van der Waals surface area contributed by atoms with E-state index < -0.39 is 148 Å². The van der Waals surface area contributed by atoms with E-state index in [0.29, 0.717) is 12.3 Å². The van der Waals surface area contributed by atoms with Crippen molar-refractivity contribution in [3.8, 4) is 23.0 Å². The molecular weight excluding hydrogens is 1040 g/mol. The van der Waals surface area contributed by atoms with E-state index in [2.05, 4.69) is 37.3 Å². The Morgan fingerprint density at radius 2 is 1.61 bits per heavy atom. The molecule has 1 N–H and O–H groups in total. The van der Waals surface area contributed by atoms with Crippen LogP contribution in [0.5, 0.6) is 0 Å². The second kappa shape index (κ2) is 17.9. The number of pyridine rings is 2. The molecule has 2 aliphatic rings. The molecule has 2 aromatic carbocycles. The lowest BCUT2D eigenvalue weighted by molar-refractivity contribution is -0.143. The summed E-state index contributed by atoms with van der Waals surface area (Å²) in [5.74, 6) is -7.26. The summed E-state index contributed by atoms with van der Waals surface area (Å²) < 4.78 is 198. The van der Waals surface area contributed by atoms with Crippen LogP contribution < -0.4 is 9.62 Å². The molecular formula is C45H35ClF10N8O6S2. The Morgan fingerprint density at radius 1 is 0.944 bits per heavy atom. The molecule has 4 heterocycles. The van der Waals surface area contributed by atoms with Crippen molar-refractivity contribution in [1.29, 1.82) is 0 Å². The lowest BCUT2D eigenvalue weighted by Gasteiger charge is -2.23. The molecule has 1 saturated carbocycles. The van der Waals surface area contributed by atoms with E-state index in [1.54, 1.807) is 0 Å². The molecule has 2 aliphatic carbocycles. The highest BCUT2D eigenvalue weighted by atomic mass is 35.5. The molecule has 1 unspecified atom stereocenters. The SMILES string of the molecule is CC(C)(C#Cc1ccc(-c2ccc(Cl)c3c(N(C(=O)c4cccnc4)S(C)(=O)=O)nn(CC(F)(F)F)c23)c(C(Cc2cc(F)cc(F)c2)NC(=O)Cn2nc(C(F)(F)F)c3c2C(F)(F)[C@@H]2C[C@H]32)n1)S(C)(=O)=O. The van der Waals surface area contributed by atoms with Crippen molar-refractivity contribution >= 4 is 60.0 Å². The van der Waals surface area contributed by atoms with E-state index in [1.165, 1.54) is 26.1 Å². The van der Waals surface area contributed by atoms with Crippen LogP contribution in [0.2, 0.25) is 5.02 Å². The summed E-state index contributed by atoms with van der Waals surface area (Å²) in [6.45, 7) is -0.778. The maximum absolute atomic E-state index is 15.6. The summed E-state index contributed by atoms with van der Waals surface area (Å²) in [4.78, 5) is 36.4. The van der Waals surface area contributed by atoms with E-state index in [1.807, 2.05) is 0 Å². The zero-order valence-corrected chi connectivity index (χ0v) is 39.9. The van der Waals surface area contributed by atoms with Gasteiger partial charge in [-0.15, -0.1) is 0 Å². The van der Waals surface area contributed by atoms with Crippen molar-refractivity contribution in [2.45, 2.75) is 74.8 Å². The molecule has 0 bridgehead atoms. The van der Waals surface area contributed by atoms with Crippen LogP contribution in [0.3, 0.4) is 0 Å². The fourth-order valence-electron chi connectivity index (χ4n) is 8.41. The van der Waals surface area contributed by atoms with Gasteiger partial charge in [-0.3, -0.25) is 23.9 Å². The van der Waals surface area contributed by atoms with Crippen molar-refractivity contribution in [3.05, 3.63) is 123 Å². The summed E-state index contributed by atoms with van der Waals surface area (Å²) in [6.07, 6.45) is -7.64. The predicted octanol–water partition coefficient (Wildman–Crippen LogP) is 8.29. The normalized spacial score (nSPS) is 16.9. The van der Waals surface area contributed by atoms with Crippen LogP contribution in [0.25, 0.3) is 22.0 Å². The first-order valence-electron chi connectivity index (χ1n) is 21.0. The second-order valence-electron chi connectivity index (χ2n) is 17.6. The lowest BCUT2D eigenvalue weighted by atomic mass is 9.93. The first-order chi connectivity index (χ1) is 33.3. The van der Waals surface area contributed by atoms with Gasteiger partial charge in [0.05, 0.1) is 39.5 Å². The van der Waals surface area contributed by atoms with Gasteiger partial charge in [-0.25, -0.2) is 30.6 Å². The van der Waals surface area contributed by atoms with Crippen molar-refractivity contribution in [1.82, 2.24) is 34.8 Å². The standard InChI is InChI=1S/C45H35ClF10N8O6S2/c1-42(2,71(3,67)68)12-11-26-7-8-27(28-9-10-31(46)35-37(28)63(21-43(49,50)51)61-40(35)64(72(4,69)70)41(66)23-6-5-13-57-19-23)36(58-26)32(16-22-14-24(47)17-25(48)15-22)59-33(65)20-62-39-34(38(60-62)45(54,55)56)29-18-30(29)44(39,52)53/h5-10,13-15,17,19,29-30,32H,16,18,20-21H2,1-4H3,(H,59,65)/t29-,30+,32?/m0/s1. The summed E-state index contributed by atoms with van der Waals surface area (Å²) in [6, 6.07) is 7.29. The van der Waals surface area contributed by atoms with Gasteiger partial charge < -0.3 is 5.32 Å². The number of alkyl halides is 8. The molecule has 380 valence electrons. The molecule has 0 saturated heterocycles. The Morgan fingerprint density at radius 3 is 2.21 bits per heavy atom. The molecule has 2 amide bonds. The smallest absolute Gasteiger partial charge is 0.346 e. The number of halogens is 11. The molecule has 3 atom stereocenters. The maximum Gasteiger partial charge on any atom is 0.435 e. The Kier molecular flexibility index (Phi) is 12.8. The van der Waals surface area contributed by atoms with Gasteiger partial charge in [-0.2, -0.15) is 49.6 Å². The first-order valence-corrected chi connectivity index (χ1v) is 25.1. The Bertz CT molecular complexity index is 3500. The van der Waals surface area contributed by atoms with Crippen molar-refractivity contribution in [2.75, 3.05) is 16.8 Å². The lowest BCUT2D eigenvalue weighted by Crippen LogP contribution is -2.37. The quantitative estimate of drug-likeness (QED) is 0.0926. The molecule has 27 heteroatoms. The van der Waals surface area contributed by atoms with Gasteiger partial charge in [0.25, 0.3) is 11.8 Å². The number of sulfonamides is 1. The molecule has 0 spiro atoms. The Hall–Kier alpha value is -6.59. The fraction of sp³-hybridized carbons (Fsp3) is 0.333. The van der Waals surface area contributed by atoms with Gasteiger partial charge in [-0.05, 0) is 86.6 Å². The molecule has 4 aromatic heterocycles. The average Bonchev–Trinajstić information content (AvgIpc) is 3.77. The monoisotopic (exact) mass is 1070 g/mol. The fourth-order valence-corrected chi connectivity index (χ4v) is 9.73. The van der Waals surface area contributed by atoms with Crippen molar-refractivity contribution < 1.29 is 70.3 Å². The van der Waals surface area contributed by atoms with E-state index in [4.69, 9.17) is 11.6 Å². The van der Waals surface area contributed by atoms with Crippen LogP contribution in [-0.4, -0.2) is 81.6 Å². The van der Waals surface area contributed by atoms with Crippen LogP contribution in [0.15, 0.2) is 67.0 Å². The minimum Gasteiger partial charge on any atom is -0.346 e. The Balaban J connectivity index is 1.37. The minimum atomic E-state index is -5.22. The number of rotatable bonds is 12. The molecule has 0 radical (unpaired) electrons. The maximum atomic E-state index is 15.6. The van der Waals surface area contributed by atoms with Gasteiger partial charge in [-0.1, -0.05) is 23.6 Å². The van der Waals surface area contributed by atoms with E-state index in [0.717, 1.165) is 54.9 Å². The van der Waals surface area contributed by atoms with E-state index in [9.17, 15) is 61.5 Å². The van der Waals surface area contributed by atoms with Crippen LogP contribution in [-0.2, 0) is 56.3 Å². The predicted molar refractivity (Wildman–Crippen MR) is 239 cm³/mol. The zero-order chi connectivity index (χ0) is 52.8. The minimum absolute atomic E-state index is 0.0982. The topological polar surface area (TPSA) is 179 Å². The third-order valence-electron chi connectivity index (χ3n) is 11.9. The molecule has 14 nitrogen and oxygen atoms in total. The summed E-state index contributed by atoms with van der Waals surface area (Å²) >= 11 is 6.66. The summed E-state index contributed by atoms with van der Waals surface area (Å²) in [5, 5.41) is 8.77. The summed E-state index contributed by atoms with van der Waals surface area (Å²) in [7, 11) is -8.70. The van der Waals surface area contributed by atoms with Crippen molar-refractivity contribution in [3.63, 3.8) is 0 Å². The van der Waals surface area contributed by atoms with Crippen LogP contribution in [0.4, 0.5) is 49.7 Å². The number of aromatic nitrogens is 6. The van der Waals surface area contributed by atoms with Gasteiger partial charge >= 0.3 is 12.4 Å². The number of fused-ring (bicyclic) bond motifs is 4. The third kappa shape index (κ3) is 9.97. The first kappa shape index (κ1) is 51.8. The van der Waals surface area contributed by atoms with Gasteiger partial charge in [0.2, 0.25) is 15.9 Å². The van der Waals surface area contributed by atoms with E-state index >= 15 is 8.78 Å². The number of sulfone groups is 1. The molecule has 0 aliphatic heterocycles. The highest BCUT2D eigenvalue weighted by Crippen LogP contribution is 2.68. The molecule has 6 aromatic rings. The highest BCUT2D eigenvalue weighted by Gasteiger charge is 2.68. The molecule has 8 rings (SSSR count). The molecule has 1 fully saturated rings.